The standard InChI is InChI=1S/CHNS.2CNS.H3N.Zn/c3*2-1-3;;/h3H;;;1H3;/q;2*-1;;+2. The minimum Gasteiger partial charge on any atom is -0.753 e. The Morgan fingerprint density at radius 2 is 1.18 bits per heavy atom. The van der Waals surface area contributed by atoms with E-state index in [4.69, 9.17) is 16.1 Å². The first kappa shape index (κ1) is 30.5. The molecule has 0 amide bonds. The fourth-order valence-electron chi connectivity index (χ4n) is 0. The van der Waals surface area contributed by atoms with Crippen molar-refractivity contribution in [3.8, 4) is 5.40 Å². The Bertz CT molecular complexity index is 129. The van der Waals surface area contributed by atoms with Crippen molar-refractivity contribution in [2.24, 2.45) is 0 Å². The van der Waals surface area contributed by atoms with E-state index in [9.17, 15) is 0 Å². The second-order valence-corrected chi connectivity index (χ2v) is 0.848. The number of thiocarbonyl (C=S) groups is 2. The van der Waals surface area contributed by atoms with Crippen LogP contribution in [0.15, 0.2) is 0 Å². The van der Waals surface area contributed by atoms with Gasteiger partial charge in [-0.15, -0.1) is 0 Å². The Balaban J connectivity index is -0.0000000150. The SMILES string of the molecule is N.N#CS.[N-]=C=S.[N-]=C=S.[Zn+2]. The van der Waals surface area contributed by atoms with Gasteiger partial charge in [-0.05, 0) is 0 Å². The van der Waals surface area contributed by atoms with E-state index < -0.39 is 0 Å². The third-order valence-corrected chi connectivity index (χ3v) is 0. The molecule has 0 fully saturated rings. The molecule has 0 aromatic heterocycles. The smallest absolute Gasteiger partial charge is 0.753 e. The van der Waals surface area contributed by atoms with Crippen molar-refractivity contribution >= 4 is 47.4 Å². The summed E-state index contributed by atoms with van der Waals surface area (Å²) < 4.78 is 0. The fourth-order valence-corrected chi connectivity index (χ4v) is 0. The summed E-state index contributed by atoms with van der Waals surface area (Å²) in [5.74, 6) is 0. The molecule has 0 aliphatic rings. The van der Waals surface area contributed by atoms with Gasteiger partial charge in [0.15, 0.2) is 0 Å². The van der Waals surface area contributed by atoms with Crippen LogP contribution in [0.2, 0.25) is 0 Å². The summed E-state index contributed by atoms with van der Waals surface area (Å²) in [6, 6.07) is 0. The van der Waals surface area contributed by atoms with Gasteiger partial charge in [0.05, 0.1) is 0 Å². The van der Waals surface area contributed by atoms with E-state index in [1.807, 2.05) is 0 Å². The molecule has 3 N–H and O–H groups in total. The van der Waals surface area contributed by atoms with E-state index in [2.05, 4.69) is 37.1 Å². The van der Waals surface area contributed by atoms with Crippen LogP contribution in [-0.4, -0.2) is 10.3 Å². The van der Waals surface area contributed by atoms with Crippen LogP contribution in [0.1, 0.15) is 0 Å². The monoisotopic (exact) mass is 256 g/mol. The first-order valence-electron chi connectivity index (χ1n) is 1.30. The Labute approximate surface area is 94.1 Å². The molecule has 11 heavy (non-hydrogen) atoms. The molecule has 56 valence electrons. The molecular formula is C3H4N4S3Zn. The Morgan fingerprint density at radius 3 is 1.18 bits per heavy atom. The number of isothiocyanates is 2. The number of hydrogen-bond donors (Lipinski definition) is 2. The number of thiol groups is 1. The zero-order valence-electron chi connectivity index (χ0n) is 5.52. The Hall–Kier alpha value is 0.0234. The first-order chi connectivity index (χ1) is 4.24. The van der Waals surface area contributed by atoms with Gasteiger partial charge in [-0.3, -0.25) is 0 Å². The van der Waals surface area contributed by atoms with E-state index >= 15 is 0 Å². The van der Waals surface area contributed by atoms with Gasteiger partial charge in [0.25, 0.3) is 0 Å². The summed E-state index contributed by atoms with van der Waals surface area (Å²) in [6.45, 7) is 0. The zero-order chi connectivity index (χ0) is 8.12. The predicted molar refractivity (Wildman–Crippen MR) is 51.5 cm³/mol. The molecule has 8 heteroatoms. The van der Waals surface area contributed by atoms with Crippen molar-refractivity contribution < 1.29 is 19.5 Å². The maximum atomic E-state index is 7.18. The van der Waals surface area contributed by atoms with E-state index in [1.54, 1.807) is 0 Å². The normalized spacial score (nSPS) is 2.18. The molecule has 0 aromatic rings. The molecule has 0 heterocycles. The summed E-state index contributed by atoms with van der Waals surface area (Å²) in [7, 11) is 0. The zero-order valence-corrected chi connectivity index (χ0v) is 11.0. The second-order valence-electron chi connectivity index (χ2n) is 0.283. The minimum atomic E-state index is 0. The van der Waals surface area contributed by atoms with Gasteiger partial charge in [0.1, 0.15) is 5.40 Å². The van der Waals surface area contributed by atoms with E-state index in [-0.39, 0.29) is 25.6 Å². The molecule has 0 unspecified atom stereocenters. The number of nitriles is 1. The van der Waals surface area contributed by atoms with Crippen LogP contribution in [0.25, 0.3) is 10.8 Å². The molecule has 0 spiro atoms. The first-order valence-corrected chi connectivity index (χ1v) is 2.57. The molecule has 0 radical (unpaired) electrons. The van der Waals surface area contributed by atoms with Gasteiger partial charge in [0, 0.05) is 0 Å². The van der Waals surface area contributed by atoms with E-state index in [0.29, 0.717) is 0 Å². The number of rotatable bonds is 0. The summed E-state index contributed by atoms with van der Waals surface area (Å²) in [5.41, 5.74) is 0. The molecule has 0 aliphatic heterocycles. The minimum absolute atomic E-state index is 0. The number of hydrogen-bond acceptors (Lipinski definition) is 5. The van der Waals surface area contributed by atoms with Crippen LogP contribution in [0, 0.1) is 10.7 Å². The van der Waals surface area contributed by atoms with Crippen LogP contribution < -0.4 is 6.15 Å². The van der Waals surface area contributed by atoms with Crippen molar-refractivity contribution in [3.05, 3.63) is 10.8 Å². The van der Waals surface area contributed by atoms with Crippen LogP contribution in [0.3, 0.4) is 0 Å². The summed E-state index contributed by atoms with van der Waals surface area (Å²) in [4.78, 5) is 0. The third kappa shape index (κ3) is 1180000. The third-order valence-electron chi connectivity index (χ3n) is 0. The summed E-state index contributed by atoms with van der Waals surface area (Å²) in [5, 5.41) is 25.6. The molecule has 0 saturated heterocycles. The van der Waals surface area contributed by atoms with Crippen molar-refractivity contribution in [3.63, 3.8) is 0 Å². The summed E-state index contributed by atoms with van der Waals surface area (Å²) >= 11 is 10.5. The van der Waals surface area contributed by atoms with Gasteiger partial charge >= 0.3 is 19.5 Å². The quantitative estimate of drug-likeness (QED) is 0.227. The molecule has 0 aromatic carbocycles. The maximum absolute atomic E-state index is 7.18. The van der Waals surface area contributed by atoms with Gasteiger partial charge in [-0.2, -0.15) is 15.6 Å². The van der Waals surface area contributed by atoms with Gasteiger partial charge in [-0.1, -0.05) is 37.1 Å². The van der Waals surface area contributed by atoms with E-state index in [1.165, 1.54) is 15.7 Å². The van der Waals surface area contributed by atoms with E-state index in [0.717, 1.165) is 0 Å². The largest absolute Gasteiger partial charge is 2.00 e. The van der Waals surface area contributed by atoms with Crippen LogP contribution >= 0.6 is 37.1 Å². The molecule has 0 atom stereocenters. The van der Waals surface area contributed by atoms with Crippen molar-refractivity contribution in [1.82, 2.24) is 6.15 Å². The van der Waals surface area contributed by atoms with Crippen molar-refractivity contribution in [2.75, 3.05) is 0 Å². The van der Waals surface area contributed by atoms with Crippen LogP contribution in [-0.2, 0) is 19.5 Å². The fraction of sp³-hybridized carbons (Fsp3) is 0. The van der Waals surface area contributed by atoms with Gasteiger partial charge in [0.2, 0.25) is 0 Å². The Kier molecular flexibility index (Phi) is 248. The van der Waals surface area contributed by atoms with Crippen molar-refractivity contribution in [1.29, 1.82) is 5.26 Å². The van der Waals surface area contributed by atoms with Crippen molar-refractivity contribution in [2.45, 2.75) is 0 Å². The molecule has 0 saturated carbocycles. The Morgan fingerprint density at radius 1 is 1.18 bits per heavy atom. The number of nitrogens with zero attached hydrogens (tertiary/aromatic N) is 3. The van der Waals surface area contributed by atoms with Gasteiger partial charge in [-0.25, -0.2) is 0 Å². The molecular weight excluding hydrogens is 254 g/mol. The van der Waals surface area contributed by atoms with Crippen LogP contribution in [0.4, 0.5) is 0 Å². The molecule has 4 nitrogen and oxygen atoms in total. The number of thiocyanates is 1. The molecule has 0 rings (SSSR count). The molecule has 0 aliphatic carbocycles. The predicted octanol–water partition coefficient (Wildman–Crippen LogP) is 1.87. The maximum Gasteiger partial charge on any atom is 2.00 e. The second kappa shape index (κ2) is 89.3. The average Bonchev–Trinajstić information content (AvgIpc) is 1.70. The van der Waals surface area contributed by atoms with Gasteiger partial charge < -0.3 is 17.0 Å². The topological polar surface area (TPSA) is 103 Å². The summed E-state index contributed by atoms with van der Waals surface area (Å²) in [6.07, 6.45) is 0. The average molecular weight is 258 g/mol. The molecule has 0 bridgehead atoms. The van der Waals surface area contributed by atoms with Crippen LogP contribution in [0.5, 0.6) is 0 Å².